The van der Waals surface area contributed by atoms with E-state index < -0.39 is 96.5 Å². The van der Waals surface area contributed by atoms with E-state index in [0.29, 0.717) is 5.56 Å². The van der Waals surface area contributed by atoms with Crippen LogP contribution < -0.4 is 32.3 Å². The van der Waals surface area contributed by atoms with Crippen LogP contribution in [-0.2, 0) is 44.8 Å². The lowest BCUT2D eigenvalue weighted by atomic mass is 9.84. The summed E-state index contributed by atoms with van der Waals surface area (Å²) in [5.41, 5.74) is 6.37. The quantitative estimate of drug-likeness (QED) is 0.0674. The number of hydrogen-bond acceptors (Lipinski definition) is 10. The first kappa shape index (κ1) is 45.4. The Morgan fingerprint density at radius 1 is 0.704 bits per heavy atom. The van der Waals surface area contributed by atoms with Gasteiger partial charge in [-0.1, -0.05) is 76.3 Å². The van der Waals surface area contributed by atoms with E-state index in [1.165, 1.54) is 0 Å². The van der Waals surface area contributed by atoms with Crippen LogP contribution in [0.3, 0.4) is 0 Å². The molecule has 6 atom stereocenters. The minimum Gasteiger partial charge on any atom is -0.481 e. The van der Waals surface area contributed by atoms with Crippen molar-refractivity contribution in [1.82, 2.24) is 26.6 Å². The summed E-state index contributed by atoms with van der Waals surface area (Å²) in [6.45, 7) is 3.55. The molecule has 17 nitrogen and oxygen atoms in total. The van der Waals surface area contributed by atoms with Gasteiger partial charge >= 0.3 is 17.9 Å². The number of nitrogens with one attached hydrogen (secondary N) is 5. The molecular formula is C36H54N6O11S. The van der Waals surface area contributed by atoms with E-state index in [9.17, 15) is 48.6 Å². The van der Waals surface area contributed by atoms with E-state index in [2.05, 4.69) is 39.2 Å². The van der Waals surface area contributed by atoms with Crippen LogP contribution in [-0.4, -0.2) is 105 Å². The Labute approximate surface area is 319 Å². The van der Waals surface area contributed by atoms with Gasteiger partial charge in [0, 0.05) is 18.6 Å². The second-order valence-electron chi connectivity index (χ2n) is 14.0. The summed E-state index contributed by atoms with van der Waals surface area (Å²) in [6.07, 6.45) is 3.05. The number of carbonyl (C=O) groups excluding carboxylic acids is 5. The number of carboxylic acids is 3. The van der Waals surface area contributed by atoms with Gasteiger partial charge in [-0.15, -0.1) is 0 Å². The van der Waals surface area contributed by atoms with Crippen molar-refractivity contribution in [3.63, 3.8) is 0 Å². The molecule has 1 saturated carbocycles. The zero-order valence-corrected chi connectivity index (χ0v) is 31.5. The fourth-order valence-corrected chi connectivity index (χ4v) is 6.37. The van der Waals surface area contributed by atoms with Crippen LogP contribution in [0, 0.1) is 11.8 Å². The lowest BCUT2D eigenvalue weighted by Gasteiger charge is -2.29. The number of rotatable bonds is 23. The van der Waals surface area contributed by atoms with Gasteiger partial charge in [0.2, 0.25) is 29.5 Å². The Morgan fingerprint density at radius 3 is 1.78 bits per heavy atom. The van der Waals surface area contributed by atoms with Crippen molar-refractivity contribution in [1.29, 1.82) is 0 Å². The van der Waals surface area contributed by atoms with E-state index in [0.717, 1.165) is 32.1 Å². The number of hydrogen-bond donors (Lipinski definition) is 10. The lowest BCUT2D eigenvalue weighted by Crippen LogP contribution is -2.60. The number of nitrogens with two attached hydrogens (primary N) is 1. The zero-order valence-electron chi connectivity index (χ0n) is 30.6. The largest absolute Gasteiger partial charge is 0.481 e. The van der Waals surface area contributed by atoms with E-state index in [4.69, 9.17) is 10.8 Å². The minimum absolute atomic E-state index is 0.0434. The van der Waals surface area contributed by atoms with Gasteiger partial charge in [-0.25, -0.2) is 4.79 Å². The maximum atomic E-state index is 13.8. The van der Waals surface area contributed by atoms with Gasteiger partial charge in [0.15, 0.2) is 0 Å². The molecular weight excluding hydrogens is 724 g/mol. The molecule has 300 valence electrons. The minimum atomic E-state index is -1.48. The number of amides is 5. The first-order valence-electron chi connectivity index (χ1n) is 18.1. The number of thiol groups is 1. The van der Waals surface area contributed by atoms with Gasteiger partial charge in [0.05, 0.1) is 12.5 Å². The van der Waals surface area contributed by atoms with Gasteiger partial charge in [0.1, 0.15) is 30.2 Å². The third-order valence-corrected chi connectivity index (χ3v) is 9.36. The van der Waals surface area contributed by atoms with Gasteiger partial charge in [-0.05, 0) is 36.7 Å². The summed E-state index contributed by atoms with van der Waals surface area (Å²) in [4.78, 5) is 102. The summed E-state index contributed by atoms with van der Waals surface area (Å²) in [6, 6.07) is 0.537. The Kier molecular flexibility index (Phi) is 19.5. The molecule has 1 aliphatic rings. The molecule has 0 radical (unpaired) electrons. The van der Waals surface area contributed by atoms with Crippen molar-refractivity contribution in [2.45, 2.75) is 121 Å². The molecule has 0 aromatic heterocycles. The van der Waals surface area contributed by atoms with E-state index >= 15 is 0 Å². The smallest absolute Gasteiger partial charge is 0.327 e. The maximum absolute atomic E-state index is 13.8. The van der Waals surface area contributed by atoms with Crippen LogP contribution in [0.15, 0.2) is 30.3 Å². The molecule has 1 fully saturated rings. The summed E-state index contributed by atoms with van der Waals surface area (Å²) in [7, 11) is 0. The molecule has 0 unspecified atom stereocenters. The zero-order chi connectivity index (χ0) is 40.4. The fourth-order valence-electron chi connectivity index (χ4n) is 6.12. The third-order valence-electron chi connectivity index (χ3n) is 8.99. The average molecular weight is 779 g/mol. The molecule has 0 heterocycles. The monoisotopic (exact) mass is 778 g/mol. The molecule has 18 heteroatoms. The first-order chi connectivity index (χ1) is 25.5. The maximum Gasteiger partial charge on any atom is 0.327 e. The van der Waals surface area contributed by atoms with Gasteiger partial charge in [-0.3, -0.25) is 33.6 Å². The molecule has 0 aliphatic heterocycles. The van der Waals surface area contributed by atoms with Crippen molar-refractivity contribution < 1.29 is 53.7 Å². The SMILES string of the molecule is CC(C)C[C@H](NC(=O)[C@@H](Cc1ccccc1)NC(=O)[C@@H](N)CC(=O)O)C(=O)N[C@@H](CCC(=O)O)C(=O)N[C@@H](CC1CCCCC1)C(=O)N[C@@H](CS)C(=O)O. The molecule has 0 spiro atoms. The fraction of sp³-hybridized carbons (Fsp3) is 0.611. The summed E-state index contributed by atoms with van der Waals surface area (Å²) in [5.74, 6) is -8.44. The van der Waals surface area contributed by atoms with Crippen molar-refractivity contribution in [2.75, 3.05) is 5.75 Å². The standard InChI is InChI=1S/C36H54N6O11S/c1-20(2)15-25(40-34(50)26(16-21-9-5-3-6-10-21)39-31(47)23(37)18-30(45)46)33(49)38-24(13-14-29(43)44)32(48)41-27(17-22-11-7-4-8-12-22)35(51)42-28(19-54)36(52)53/h3,5-6,9-10,20,22-28,54H,4,7-8,11-19,37H2,1-2H3,(H,38,49)(H,39,47)(H,40,50)(H,41,48)(H,42,51)(H,43,44)(H,45,46)(H,52,53)/t23-,24-,25-,26+,27-,28-/m0/s1. The molecule has 1 aliphatic carbocycles. The summed E-state index contributed by atoms with van der Waals surface area (Å²) < 4.78 is 0. The van der Waals surface area contributed by atoms with E-state index in [1.54, 1.807) is 44.2 Å². The molecule has 54 heavy (non-hydrogen) atoms. The molecule has 1 aromatic rings. The average Bonchev–Trinajstić information content (AvgIpc) is 3.11. The van der Waals surface area contributed by atoms with Crippen molar-refractivity contribution in [3.05, 3.63) is 35.9 Å². The number of carboxylic acid groups (broad SMARTS) is 3. The van der Waals surface area contributed by atoms with Gasteiger partial charge in [-0.2, -0.15) is 12.6 Å². The summed E-state index contributed by atoms with van der Waals surface area (Å²) in [5, 5.41) is 40.6. The highest BCUT2D eigenvalue weighted by atomic mass is 32.1. The number of benzene rings is 1. The second-order valence-corrected chi connectivity index (χ2v) is 14.4. The van der Waals surface area contributed by atoms with Crippen LogP contribution in [0.5, 0.6) is 0 Å². The van der Waals surface area contributed by atoms with Crippen molar-refractivity contribution in [2.24, 2.45) is 17.6 Å². The molecule has 1 aromatic carbocycles. The predicted octanol–water partition coefficient (Wildman–Crippen LogP) is 0.351. The lowest BCUT2D eigenvalue weighted by molar-refractivity contribution is -0.141. The van der Waals surface area contributed by atoms with Crippen molar-refractivity contribution in [3.8, 4) is 0 Å². The van der Waals surface area contributed by atoms with E-state index in [-0.39, 0.29) is 43.3 Å². The second kappa shape index (κ2) is 23.2. The highest BCUT2D eigenvalue weighted by Crippen LogP contribution is 2.27. The van der Waals surface area contributed by atoms with Crippen LogP contribution in [0.2, 0.25) is 0 Å². The summed E-state index contributed by atoms with van der Waals surface area (Å²) >= 11 is 3.99. The van der Waals surface area contributed by atoms with Crippen molar-refractivity contribution >= 4 is 60.1 Å². The predicted molar refractivity (Wildman–Crippen MR) is 199 cm³/mol. The van der Waals surface area contributed by atoms with Crippen LogP contribution in [0.1, 0.15) is 83.6 Å². The van der Waals surface area contributed by atoms with Crippen LogP contribution in [0.25, 0.3) is 0 Å². The molecule has 0 saturated heterocycles. The Balaban J connectivity index is 2.35. The molecule has 10 N–H and O–H groups in total. The highest BCUT2D eigenvalue weighted by molar-refractivity contribution is 7.80. The third kappa shape index (κ3) is 16.5. The highest BCUT2D eigenvalue weighted by Gasteiger charge is 2.34. The normalized spacial score (nSPS) is 16.4. The number of carbonyl (C=O) groups is 8. The molecule has 5 amide bonds. The van der Waals surface area contributed by atoms with Crippen LogP contribution >= 0.6 is 12.6 Å². The Morgan fingerprint density at radius 2 is 1.22 bits per heavy atom. The molecule has 2 rings (SSSR count). The van der Waals surface area contributed by atoms with Gasteiger partial charge in [0.25, 0.3) is 0 Å². The van der Waals surface area contributed by atoms with E-state index in [1.807, 2.05) is 0 Å². The number of aliphatic carboxylic acids is 3. The van der Waals surface area contributed by atoms with Gasteiger partial charge < -0.3 is 47.6 Å². The van der Waals surface area contributed by atoms with Crippen LogP contribution in [0.4, 0.5) is 0 Å². The molecule has 0 bridgehead atoms. The topological polar surface area (TPSA) is 283 Å². The first-order valence-corrected chi connectivity index (χ1v) is 18.7. The Bertz CT molecular complexity index is 1460. The Hall–Kier alpha value is -4.71.